The van der Waals surface area contributed by atoms with Crippen molar-refractivity contribution in [1.82, 2.24) is 5.32 Å². The Morgan fingerprint density at radius 3 is 1.12 bits per heavy atom. The van der Waals surface area contributed by atoms with Crippen molar-refractivity contribution in [2.75, 3.05) is 26.4 Å². The molecule has 19 nitrogen and oxygen atoms in total. The van der Waals surface area contributed by atoms with Gasteiger partial charge in [-0.05, 0) is 44.9 Å². The number of nitrogens with one attached hydrogen (secondary N) is 1. The zero-order valence-electron chi connectivity index (χ0n) is 55.2. The molecule has 522 valence electrons. The minimum atomic E-state index is -1.98. The summed E-state index contributed by atoms with van der Waals surface area (Å²) >= 11 is 0. The maximum Gasteiger partial charge on any atom is 0.220 e. The summed E-state index contributed by atoms with van der Waals surface area (Å²) in [6.07, 6.45) is 34.2. The predicted molar refractivity (Wildman–Crippen MR) is 346 cm³/mol. The number of aliphatic hydroxyl groups excluding tert-OH is 11. The fraction of sp³-hybridized carbons (Fsp3) is 0.900. The smallest absolute Gasteiger partial charge is 0.220 e. The highest BCUT2D eigenvalue weighted by Crippen LogP contribution is 2.33. The Hall–Kier alpha value is -1.99. The third-order valence-electron chi connectivity index (χ3n) is 17.9. The lowest BCUT2D eigenvalue weighted by atomic mass is 9.96. The lowest BCUT2D eigenvalue weighted by Crippen LogP contribution is -2.66. The summed E-state index contributed by atoms with van der Waals surface area (Å²) in [6, 6.07) is -0.994. The summed E-state index contributed by atoms with van der Waals surface area (Å²) in [5.41, 5.74) is 0. The Bertz CT molecular complexity index is 1760. The maximum absolute atomic E-state index is 13.4. The molecule has 3 aliphatic rings. The van der Waals surface area contributed by atoms with E-state index in [9.17, 15) is 61.0 Å². The van der Waals surface area contributed by atoms with Gasteiger partial charge in [0.1, 0.15) is 73.2 Å². The van der Waals surface area contributed by atoms with Gasteiger partial charge < -0.3 is 89.9 Å². The van der Waals surface area contributed by atoms with Gasteiger partial charge in [0.2, 0.25) is 5.91 Å². The highest BCUT2D eigenvalue weighted by atomic mass is 16.8. The molecule has 3 rings (SSSR count). The van der Waals surface area contributed by atoms with E-state index >= 15 is 0 Å². The average Bonchev–Trinajstić information content (AvgIpc) is 1.93. The zero-order chi connectivity index (χ0) is 64.7. The van der Waals surface area contributed by atoms with Crippen molar-refractivity contribution < 1.29 is 89.4 Å². The number of ether oxygens (including phenoxy) is 6. The Labute approximate surface area is 536 Å². The van der Waals surface area contributed by atoms with Gasteiger partial charge in [-0.2, -0.15) is 0 Å². The van der Waals surface area contributed by atoms with Crippen LogP contribution in [0.5, 0.6) is 0 Å². The van der Waals surface area contributed by atoms with E-state index in [0.29, 0.717) is 12.8 Å². The molecule has 3 saturated heterocycles. The van der Waals surface area contributed by atoms with E-state index in [4.69, 9.17) is 28.4 Å². The normalized spacial score (nSPS) is 28.4. The molecule has 0 radical (unpaired) electrons. The minimum absolute atomic E-state index is 0.236. The van der Waals surface area contributed by atoms with E-state index in [1.807, 2.05) is 6.08 Å². The van der Waals surface area contributed by atoms with Crippen LogP contribution >= 0.6 is 0 Å². The highest BCUT2D eigenvalue weighted by molar-refractivity contribution is 5.76. The van der Waals surface area contributed by atoms with Crippen molar-refractivity contribution in [2.24, 2.45) is 0 Å². The largest absolute Gasteiger partial charge is 0.394 e. The van der Waals surface area contributed by atoms with Crippen LogP contribution in [0.15, 0.2) is 36.5 Å². The van der Waals surface area contributed by atoms with Crippen molar-refractivity contribution in [3.05, 3.63) is 36.5 Å². The molecule has 12 N–H and O–H groups in total. The lowest BCUT2D eigenvalue weighted by molar-refractivity contribution is -0.379. The van der Waals surface area contributed by atoms with Crippen LogP contribution in [0, 0.1) is 0 Å². The first-order valence-electron chi connectivity index (χ1n) is 35.7. The standard InChI is InChI=1S/C70H129NO18/c1-3-5-7-9-11-13-15-17-19-21-22-23-24-25-26-27-28-29-30-31-32-34-36-38-40-42-44-46-48-58(76)71-53(54(75)47-45-43-41-39-37-35-33-20-18-16-14-12-10-8-6-4-2)52-84-68-64(82)61(79)66(56(50-73)86-68)89-70-65(83)62(80)67(57(51-74)87-70)88-69-63(81)60(78)59(77)55(49-72)85-69/h18,20,37,39,45,47,53-57,59-70,72-75,77-83H,3-17,19,21-36,38,40-44,46,48-52H2,1-2H3,(H,71,76)/b20-18+,39-37+,47-45+. The van der Waals surface area contributed by atoms with E-state index < -0.39 is 124 Å². The van der Waals surface area contributed by atoms with Crippen LogP contribution in [0.4, 0.5) is 0 Å². The van der Waals surface area contributed by atoms with Crippen LogP contribution in [0.3, 0.4) is 0 Å². The molecule has 3 heterocycles. The number of hydrogen-bond acceptors (Lipinski definition) is 18. The minimum Gasteiger partial charge on any atom is -0.394 e. The number of unbranched alkanes of at least 4 members (excludes halogenated alkanes) is 35. The van der Waals surface area contributed by atoms with E-state index in [2.05, 4.69) is 43.5 Å². The number of carbonyl (C=O) groups excluding carboxylic acids is 1. The summed E-state index contributed by atoms with van der Waals surface area (Å²) in [7, 11) is 0. The molecule has 0 bridgehead atoms. The molecule has 0 aromatic carbocycles. The van der Waals surface area contributed by atoms with Gasteiger partial charge in [-0.1, -0.05) is 256 Å². The van der Waals surface area contributed by atoms with Crippen LogP contribution in [0.25, 0.3) is 0 Å². The molecule has 0 spiro atoms. The molecule has 0 aliphatic carbocycles. The van der Waals surface area contributed by atoms with Gasteiger partial charge in [0.05, 0.1) is 38.6 Å². The second-order valence-electron chi connectivity index (χ2n) is 25.7. The summed E-state index contributed by atoms with van der Waals surface area (Å²) in [5, 5.41) is 120. The second kappa shape index (κ2) is 52.3. The van der Waals surface area contributed by atoms with Crippen LogP contribution < -0.4 is 5.32 Å². The molecule has 19 heteroatoms. The second-order valence-corrected chi connectivity index (χ2v) is 25.7. The molecular formula is C70H129NO18. The van der Waals surface area contributed by atoms with Gasteiger partial charge in [-0.3, -0.25) is 4.79 Å². The summed E-state index contributed by atoms with van der Waals surface area (Å²) < 4.78 is 34.3. The number of hydrogen-bond donors (Lipinski definition) is 12. The topological polar surface area (TPSA) is 307 Å². The van der Waals surface area contributed by atoms with Crippen LogP contribution in [-0.4, -0.2) is 193 Å². The van der Waals surface area contributed by atoms with Crippen molar-refractivity contribution in [3.8, 4) is 0 Å². The predicted octanol–water partition coefficient (Wildman–Crippen LogP) is 9.61. The summed E-state index contributed by atoms with van der Waals surface area (Å²) in [5.74, 6) is -0.285. The molecule has 0 aromatic rings. The van der Waals surface area contributed by atoms with Crippen LogP contribution in [0.1, 0.15) is 271 Å². The van der Waals surface area contributed by atoms with Gasteiger partial charge >= 0.3 is 0 Å². The zero-order valence-corrected chi connectivity index (χ0v) is 55.2. The summed E-state index contributed by atoms with van der Waals surface area (Å²) in [6.45, 7) is 1.72. The average molecular weight is 1270 g/mol. The van der Waals surface area contributed by atoms with Crippen LogP contribution in [-0.2, 0) is 33.2 Å². The molecule has 3 aliphatic heterocycles. The quantitative estimate of drug-likeness (QED) is 0.0199. The summed E-state index contributed by atoms with van der Waals surface area (Å²) in [4.78, 5) is 13.4. The van der Waals surface area contributed by atoms with E-state index in [0.717, 1.165) is 44.9 Å². The first-order valence-corrected chi connectivity index (χ1v) is 35.7. The third kappa shape index (κ3) is 34.3. The maximum atomic E-state index is 13.4. The van der Waals surface area contributed by atoms with Gasteiger partial charge in [0.25, 0.3) is 0 Å². The van der Waals surface area contributed by atoms with Gasteiger partial charge in [0, 0.05) is 6.42 Å². The Morgan fingerprint density at radius 1 is 0.393 bits per heavy atom. The van der Waals surface area contributed by atoms with Gasteiger partial charge in [0.15, 0.2) is 18.9 Å². The molecule has 17 unspecified atom stereocenters. The van der Waals surface area contributed by atoms with Crippen molar-refractivity contribution in [3.63, 3.8) is 0 Å². The van der Waals surface area contributed by atoms with Gasteiger partial charge in [-0.25, -0.2) is 0 Å². The lowest BCUT2D eigenvalue weighted by Gasteiger charge is -2.48. The molecular weight excluding hydrogens is 1140 g/mol. The van der Waals surface area contributed by atoms with E-state index in [-0.39, 0.29) is 18.9 Å². The Balaban J connectivity index is 1.41. The molecule has 17 atom stereocenters. The molecule has 1 amide bonds. The Morgan fingerprint density at radius 2 is 0.719 bits per heavy atom. The molecule has 0 aromatic heterocycles. The fourth-order valence-electron chi connectivity index (χ4n) is 12.1. The SMILES string of the molecule is CCCCCCCC/C=C/CC/C=C/CC/C=C/C(O)C(COC1OC(CO)C(OC2OC(CO)C(OC3OC(CO)C(O)C(O)C3O)C(O)C2O)C(O)C1O)NC(=O)CCCCCCCCCCCCCCCCCCCCCCCCCCCCCC. The van der Waals surface area contributed by atoms with Crippen LogP contribution in [0.2, 0.25) is 0 Å². The number of aliphatic hydroxyl groups is 11. The molecule has 89 heavy (non-hydrogen) atoms. The molecule has 3 fully saturated rings. The van der Waals surface area contributed by atoms with Gasteiger partial charge in [-0.15, -0.1) is 0 Å². The Kier molecular flexibility index (Phi) is 47.7. The van der Waals surface area contributed by atoms with Crippen molar-refractivity contribution in [2.45, 2.75) is 375 Å². The first-order chi connectivity index (χ1) is 43.3. The third-order valence-corrected chi connectivity index (χ3v) is 17.9. The number of rotatable bonds is 55. The molecule has 0 saturated carbocycles. The van der Waals surface area contributed by atoms with Crippen molar-refractivity contribution >= 4 is 5.91 Å². The fourth-order valence-corrected chi connectivity index (χ4v) is 12.1. The monoisotopic (exact) mass is 1270 g/mol. The number of allylic oxidation sites excluding steroid dienone is 5. The van der Waals surface area contributed by atoms with E-state index in [1.54, 1.807) is 6.08 Å². The van der Waals surface area contributed by atoms with E-state index in [1.165, 1.54) is 193 Å². The number of carbonyl (C=O) groups is 1. The number of amides is 1. The first kappa shape index (κ1) is 81.2. The van der Waals surface area contributed by atoms with Crippen molar-refractivity contribution in [1.29, 1.82) is 0 Å². The highest BCUT2D eigenvalue weighted by Gasteiger charge is 2.53.